The van der Waals surface area contributed by atoms with Crippen LogP contribution in [0.1, 0.15) is 10.5 Å². The number of hydrogen-bond donors (Lipinski definition) is 3. The number of carbonyl (C=O) groups excluding carboxylic acids is 1. The van der Waals surface area contributed by atoms with Crippen LogP contribution in [0.15, 0.2) is 51.7 Å². The molecule has 6 nitrogen and oxygen atoms in total. The van der Waals surface area contributed by atoms with Crippen LogP contribution in [0.5, 0.6) is 0 Å². The van der Waals surface area contributed by atoms with Crippen LogP contribution in [-0.2, 0) is 0 Å². The second-order valence-electron chi connectivity index (χ2n) is 5.09. The number of hydrogen-bond acceptors (Lipinski definition) is 3. The molecule has 7 heteroatoms. The number of fused-ring (bicyclic) bond motifs is 2. The fourth-order valence-electron chi connectivity index (χ4n) is 2.45. The van der Waals surface area contributed by atoms with E-state index in [-0.39, 0.29) is 11.7 Å². The molecule has 0 unspecified atom stereocenters. The van der Waals surface area contributed by atoms with Crippen molar-refractivity contribution in [1.29, 1.82) is 0 Å². The Morgan fingerprint density at radius 3 is 2.78 bits per heavy atom. The Kier molecular flexibility index (Phi) is 2.80. The first-order valence-electron chi connectivity index (χ1n) is 6.81. The van der Waals surface area contributed by atoms with Crippen molar-refractivity contribution < 1.29 is 13.6 Å². The van der Waals surface area contributed by atoms with E-state index in [0.29, 0.717) is 33.4 Å². The highest BCUT2D eigenvalue weighted by molar-refractivity contribution is 6.06. The highest BCUT2D eigenvalue weighted by atomic mass is 19.1. The molecule has 1 amide bonds. The van der Waals surface area contributed by atoms with Gasteiger partial charge in [0, 0.05) is 16.6 Å². The summed E-state index contributed by atoms with van der Waals surface area (Å²) in [5.74, 6) is -1.29. The topological polar surface area (TPSA) is 90.9 Å². The number of nitrogens with one attached hydrogen (secondary N) is 3. The lowest BCUT2D eigenvalue weighted by Gasteiger charge is -2.03. The third-order valence-corrected chi connectivity index (χ3v) is 3.50. The van der Waals surface area contributed by atoms with E-state index >= 15 is 0 Å². The maximum atomic E-state index is 13.2. The highest BCUT2D eigenvalue weighted by Gasteiger charge is 2.11. The van der Waals surface area contributed by atoms with Crippen LogP contribution in [0.3, 0.4) is 0 Å². The molecule has 2 aromatic carbocycles. The minimum absolute atomic E-state index is 0.311. The van der Waals surface area contributed by atoms with E-state index in [0.717, 1.165) is 0 Å². The molecule has 0 aliphatic heterocycles. The van der Waals surface area contributed by atoms with Gasteiger partial charge in [0.15, 0.2) is 5.58 Å². The fourth-order valence-corrected chi connectivity index (χ4v) is 2.45. The second kappa shape index (κ2) is 4.84. The lowest BCUT2D eigenvalue weighted by molar-refractivity contribution is 0.102. The first-order valence-corrected chi connectivity index (χ1v) is 6.81. The molecule has 23 heavy (non-hydrogen) atoms. The molecule has 114 valence electrons. The van der Waals surface area contributed by atoms with E-state index in [2.05, 4.69) is 15.3 Å². The van der Waals surface area contributed by atoms with Gasteiger partial charge in [0.1, 0.15) is 11.5 Å². The molecule has 0 saturated carbocycles. The number of aromatic nitrogens is 2. The Balaban J connectivity index is 1.65. The summed E-state index contributed by atoms with van der Waals surface area (Å²) in [7, 11) is 0. The van der Waals surface area contributed by atoms with Crippen LogP contribution in [0, 0.1) is 5.82 Å². The van der Waals surface area contributed by atoms with Gasteiger partial charge in [0.25, 0.3) is 5.91 Å². The molecule has 0 saturated heterocycles. The maximum Gasteiger partial charge on any atom is 0.417 e. The van der Waals surface area contributed by atoms with Crippen molar-refractivity contribution >= 4 is 33.6 Å². The average Bonchev–Trinajstić information content (AvgIpc) is 3.08. The number of oxazole rings is 1. The Bertz CT molecular complexity index is 1110. The lowest BCUT2D eigenvalue weighted by Crippen LogP contribution is -2.12. The molecule has 4 aromatic rings. The van der Waals surface area contributed by atoms with Gasteiger partial charge in [-0.2, -0.15) is 0 Å². The molecule has 0 radical (unpaired) electrons. The van der Waals surface area contributed by atoms with Gasteiger partial charge in [-0.25, -0.2) is 9.18 Å². The highest BCUT2D eigenvalue weighted by Crippen LogP contribution is 2.19. The zero-order valence-corrected chi connectivity index (χ0v) is 11.6. The van der Waals surface area contributed by atoms with Crippen LogP contribution < -0.4 is 11.1 Å². The van der Waals surface area contributed by atoms with E-state index in [1.165, 1.54) is 12.1 Å². The normalized spacial score (nSPS) is 11.2. The van der Waals surface area contributed by atoms with Gasteiger partial charge in [-0.05, 0) is 42.5 Å². The minimum atomic E-state index is -0.555. The molecule has 0 spiro atoms. The van der Waals surface area contributed by atoms with Crippen LogP contribution in [0.2, 0.25) is 0 Å². The van der Waals surface area contributed by atoms with Crippen molar-refractivity contribution in [1.82, 2.24) is 9.97 Å². The Morgan fingerprint density at radius 2 is 1.91 bits per heavy atom. The number of H-pyrrole nitrogens is 2. The fraction of sp³-hybridized carbons (Fsp3) is 0. The van der Waals surface area contributed by atoms with E-state index in [1.54, 1.807) is 30.3 Å². The molecule has 0 atom stereocenters. The zero-order valence-electron chi connectivity index (χ0n) is 11.6. The van der Waals surface area contributed by atoms with Crippen LogP contribution in [0.4, 0.5) is 10.1 Å². The first-order chi connectivity index (χ1) is 11.1. The summed E-state index contributed by atoms with van der Waals surface area (Å²) in [6, 6.07) is 10.6. The summed E-state index contributed by atoms with van der Waals surface area (Å²) < 4.78 is 18.1. The molecule has 0 bridgehead atoms. The molecular formula is C16H10FN3O3. The first kappa shape index (κ1) is 13.3. The third kappa shape index (κ3) is 2.38. The van der Waals surface area contributed by atoms with Crippen LogP contribution in [-0.4, -0.2) is 15.9 Å². The molecule has 0 fully saturated rings. The number of amides is 1. The van der Waals surface area contributed by atoms with E-state index < -0.39 is 5.76 Å². The number of anilines is 1. The monoisotopic (exact) mass is 311 g/mol. The summed E-state index contributed by atoms with van der Waals surface area (Å²) >= 11 is 0. The van der Waals surface area contributed by atoms with Crippen molar-refractivity contribution in [2.24, 2.45) is 0 Å². The standard InChI is InChI=1S/C16H10FN3O3/c17-9-1-3-11-8(5-9)6-13(19-11)15(21)18-10-2-4-14-12(7-10)20-16(22)23-14/h1-7,19H,(H,18,21)(H,20,22). The number of benzene rings is 2. The van der Waals surface area contributed by atoms with Crippen LogP contribution >= 0.6 is 0 Å². The zero-order chi connectivity index (χ0) is 16.0. The number of halogens is 1. The minimum Gasteiger partial charge on any atom is -0.408 e. The van der Waals surface area contributed by atoms with Gasteiger partial charge < -0.3 is 14.7 Å². The average molecular weight is 311 g/mol. The molecule has 0 aliphatic carbocycles. The smallest absolute Gasteiger partial charge is 0.408 e. The molecule has 0 aliphatic rings. The van der Waals surface area contributed by atoms with Crippen molar-refractivity contribution in [2.45, 2.75) is 0 Å². The van der Waals surface area contributed by atoms with Gasteiger partial charge >= 0.3 is 5.76 Å². The Morgan fingerprint density at radius 1 is 1.04 bits per heavy atom. The number of aromatic amines is 2. The van der Waals surface area contributed by atoms with Crippen molar-refractivity contribution in [3.63, 3.8) is 0 Å². The Hall–Kier alpha value is -3.35. The number of carbonyl (C=O) groups is 1. The lowest BCUT2D eigenvalue weighted by atomic mass is 10.2. The van der Waals surface area contributed by atoms with E-state index in [1.807, 2.05) is 0 Å². The van der Waals surface area contributed by atoms with Gasteiger partial charge in [-0.15, -0.1) is 0 Å². The van der Waals surface area contributed by atoms with Gasteiger partial charge in [-0.3, -0.25) is 9.78 Å². The SMILES string of the molecule is O=C(Nc1ccc2oc(=O)[nH]c2c1)c1cc2cc(F)ccc2[nH]1. The molecule has 4 rings (SSSR count). The van der Waals surface area contributed by atoms with Crippen molar-refractivity contribution in [3.8, 4) is 0 Å². The molecule has 2 aromatic heterocycles. The largest absolute Gasteiger partial charge is 0.417 e. The summed E-state index contributed by atoms with van der Waals surface area (Å²) in [6.07, 6.45) is 0. The summed E-state index contributed by atoms with van der Waals surface area (Å²) in [5, 5.41) is 3.32. The summed E-state index contributed by atoms with van der Waals surface area (Å²) in [6.45, 7) is 0. The second-order valence-corrected chi connectivity index (χ2v) is 5.09. The predicted molar refractivity (Wildman–Crippen MR) is 83.0 cm³/mol. The van der Waals surface area contributed by atoms with Gasteiger partial charge in [-0.1, -0.05) is 0 Å². The van der Waals surface area contributed by atoms with Crippen LogP contribution in [0.25, 0.3) is 22.0 Å². The molecular weight excluding hydrogens is 301 g/mol. The van der Waals surface area contributed by atoms with Gasteiger partial charge in [0.05, 0.1) is 5.52 Å². The van der Waals surface area contributed by atoms with Gasteiger partial charge in [0.2, 0.25) is 0 Å². The summed E-state index contributed by atoms with van der Waals surface area (Å²) in [4.78, 5) is 28.8. The quantitative estimate of drug-likeness (QED) is 0.531. The predicted octanol–water partition coefficient (Wildman–Crippen LogP) is 2.99. The van der Waals surface area contributed by atoms with Crippen molar-refractivity contribution in [2.75, 3.05) is 5.32 Å². The van der Waals surface area contributed by atoms with E-state index in [9.17, 15) is 14.0 Å². The third-order valence-electron chi connectivity index (χ3n) is 3.50. The summed E-state index contributed by atoms with van der Waals surface area (Å²) in [5.41, 5.74) is 2.39. The Labute approximate surface area is 127 Å². The maximum absolute atomic E-state index is 13.2. The van der Waals surface area contributed by atoms with Crippen molar-refractivity contribution in [3.05, 3.63) is 64.5 Å². The van der Waals surface area contributed by atoms with E-state index in [4.69, 9.17) is 4.42 Å². The number of rotatable bonds is 2. The molecule has 3 N–H and O–H groups in total. The molecule has 2 heterocycles.